The number of carbonyl (C=O) groups is 1. The van der Waals surface area contributed by atoms with Crippen molar-refractivity contribution in [3.63, 3.8) is 0 Å². The van der Waals surface area contributed by atoms with Crippen LogP contribution in [0.25, 0.3) is 0 Å². The van der Waals surface area contributed by atoms with E-state index in [1.165, 1.54) is 30.4 Å². The van der Waals surface area contributed by atoms with Crippen LogP contribution in [0.15, 0.2) is 24.3 Å². The summed E-state index contributed by atoms with van der Waals surface area (Å²) in [5.41, 5.74) is 2.33. The lowest BCUT2D eigenvalue weighted by atomic mass is 9.70. The molecule has 0 spiro atoms. The van der Waals surface area contributed by atoms with Crippen molar-refractivity contribution in [2.75, 3.05) is 18.5 Å². The zero-order chi connectivity index (χ0) is 13.9. The van der Waals surface area contributed by atoms with Gasteiger partial charge in [0.15, 0.2) is 0 Å². The molecule has 1 aliphatic rings. The Balaban J connectivity index is 2.11. The third-order valence-corrected chi connectivity index (χ3v) is 4.37. The zero-order valence-corrected chi connectivity index (χ0v) is 12.4. The van der Waals surface area contributed by atoms with E-state index in [-0.39, 0.29) is 5.41 Å². The standard InChI is InChI=1S/C17H25NO/c1-14-6-4-8-16(10-14)18(3)12-17(13-19)9-5-7-15(2)11-17/h4,6,8,10,13,15H,5,7,9,11-12H2,1-3H3. The van der Waals surface area contributed by atoms with Crippen molar-refractivity contribution in [1.29, 1.82) is 0 Å². The van der Waals surface area contributed by atoms with E-state index in [0.29, 0.717) is 5.92 Å². The minimum atomic E-state index is -0.143. The number of nitrogens with zero attached hydrogens (tertiary/aromatic N) is 1. The molecule has 2 unspecified atom stereocenters. The zero-order valence-electron chi connectivity index (χ0n) is 12.4. The van der Waals surface area contributed by atoms with E-state index in [0.717, 1.165) is 19.4 Å². The SMILES string of the molecule is Cc1cccc(N(C)CC2(C=O)CCCC(C)C2)c1. The van der Waals surface area contributed by atoms with Crippen LogP contribution in [0.1, 0.15) is 38.2 Å². The molecule has 0 heterocycles. The van der Waals surface area contributed by atoms with E-state index in [1.807, 2.05) is 0 Å². The average Bonchev–Trinajstić information content (AvgIpc) is 2.38. The quantitative estimate of drug-likeness (QED) is 0.766. The van der Waals surface area contributed by atoms with Crippen LogP contribution in [-0.2, 0) is 4.79 Å². The van der Waals surface area contributed by atoms with Crippen LogP contribution in [-0.4, -0.2) is 19.9 Å². The summed E-state index contributed by atoms with van der Waals surface area (Å²) < 4.78 is 0. The maximum Gasteiger partial charge on any atom is 0.127 e. The fourth-order valence-electron chi connectivity index (χ4n) is 3.42. The Morgan fingerprint density at radius 3 is 2.89 bits per heavy atom. The summed E-state index contributed by atoms with van der Waals surface area (Å²) in [6, 6.07) is 8.50. The van der Waals surface area contributed by atoms with Gasteiger partial charge in [-0.1, -0.05) is 31.9 Å². The van der Waals surface area contributed by atoms with Gasteiger partial charge in [0.2, 0.25) is 0 Å². The molecule has 0 aromatic heterocycles. The smallest absolute Gasteiger partial charge is 0.127 e. The first kappa shape index (κ1) is 14.1. The molecule has 0 N–H and O–H groups in total. The Labute approximate surface area is 116 Å². The highest BCUT2D eigenvalue weighted by atomic mass is 16.1. The topological polar surface area (TPSA) is 20.3 Å². The van der Waals surface area contributed by atoms with E-state index in [2.05, 4.69) is 50.1 Å². The van der Waals surface area contributed by atoms with Crippen molar-refractivity contribution >= 4 is 12.0 Å². The summed E-state index contributed by atoms with van der Waals surface area (Å²) in [6.07, 6.45) is 5.74. The molecule has 2 atom stereocenters. The van der Waals surface area contributed by atoms with Crippen LogP contribution in [0, 0.1) is 18.3 Å². The van der Waals surface area contributed by atoms with Gasteiger partial charge < -0.3 is 9.69 Å². The molecule has 0 saturated heterocycles. The highest BCUT2D eigenvalue weighted by Gasteiger charge is 2.35. The van der Waals surface area contributed by atoms with Crippen molar-refractivity contribution in [3.8, 4) is 0 Å². The lowest BCUT2D eigenvalue weighted by molar-refractivity contribution is -0.118. The summed E-state index contributed by atoms with van der Waals surface area (Å²) in [6.45, 7) is 5.21. The molecule has 2 nitrogen and oxygen atoms in total. The lowest BCUT2D eigenvalue weighted by Crippen LogP contribution is -2.40. The molecule has 0 amide bonds. The van der Waals surface area contributed by atoms with Crippen molar-refractivity contribution in [2.45, 2.75) is 39.5 Å². The highest BCUT2D eigenvalue weighted by Crippen LogP contribution is 2.38. The first-order chi connectivity index (χ1) is 9.04. The number of carbonyl (C=O) groups excluding carboxylic acids is 1. The minimum absolute atomic E-state index is 0.143. The number of hydrogen-bond acceptors (Lipinski definition) is 2. The van der Waals surface area contributed by atoms with Gasteiger partial charge in [0.1, 0.15) is 6.29 Å². The normalized spacial score (nSPS) is 27.0. The second-order valence-electron chi connectivity index (χ2n) is 6.38. The van der Waals surface area contributed by atoms with Gasteiger partial charge >= 0.3 is 0 Å². The Kier molecular flexibility index (Phi) is 4.28. The monoisotopic (exact) mass is 259 g/mol. The maximum absolute atomic E-state index is 11.6. The molecule has 0 bridgehead atoms. The molecule has 104 valence electrons. The lowest BCUT2D eigenvalue weighted by Gasteiger charge is -2.39. The third-order valence-electron chi connectivity index (χ3n) is 4.37. The number of hydrogen-bond donors (Lipinski definition) is 0. The molecule has 1 saturated carbocycles. The van der Waals surface area contributed by atoms with E-state index < -0.39 is 0 Å². The first-order valence-electron chi connectivity index (χ1n) is 7.29. The van der Waals surface area contributed by atoms with Crippen LogP contribution in [0.2, 0.25) is 0 Å². The van der Waals surface area contributed by atoms with Gasteiger partial charge in [-0.3, -0.25) is 0 Å². The van der Waals surface area contributed by atoms with E-state index in [9.17, 15) is 4.79 Å². The number of rotatable bonds is 4. The fraction of sp³-hybridized carbons (Fsp3) is 0.588. The second-order valence-corrected chi connectivity index (χ2v) is 6.38. The molecule has 0 radical (unpaired) electrons. The summed E-state index contributed by atoms with van der Waals surface area (Å²) >= 11 is 0. The molecule has 1 aromatic carbocycles. The van der Waals surface area contributed by atoms with Crippen molar-refractivity contribution in [3.05, 3.63) is 29.8 Å². The molecule has 1 aliphatic carbocycles. The summed E-state index contributed by atoms with van der Waals surface area (Å²) in [5.74, 6) is 0.671. The number of benzene rings is 1. The Hall–Kier alpha value is -1.31. The second kappa shape index (κ2) is 5.77. The third kappa shape index (κ3) is 3.37. The molecule has 2 rings (SSSR count). The van der Waals surface area contributed by atoms with Crippen LogP contribution >= 0.6 is 0 Å². The molecule has 2 heteroatoms. The van der Waals surface area contributed by atoms with Gasteiger partial charge in [0.05, 0.1) is 0 Å². The van der Waals surface area contributed by atoms with Gasteiger partial charge in [-0.25, -0.2) is 0 Å². The van der Waals surface area contributed by atoms with Crippen molar-refractivity contribution < 1.29 is 4.79 Å². The summed E-state index contributed by atoms with van der Waals surface area (Å²) in [7, 11) is 2.10. The van der Waals surface area contributed by atoms with Crippen LogP contribution in [0.3, 0.4) is 0 Å². The van der Waals surface area contributed by atoms with Crippen LogP contribution in [0.4, 0.5) is 5.69 Å². The van der Waals surface area contributed by atoms with Crippen LogP contribution in [0.5, 0.6) is 0 Å². The van der Waals surface area contributed by atoms with Gasteiger partial charge in [-0.05, 0) is 43.4 Å². The Morgan fingerprint density at radius 2 is 2.26 bits per heavy atom. The number of aldehydes is 1. The minimum Gasteiger partial charge on any atom is -0.374 e. The average molecular weight is 259 g/mol. The van der Waals surface area contributed by atoms with E-state index in [1.54, 1.807) is 0 Å². The van der Waals surface area contributed by atoms with E-state index in [4.69, 9.17) is 0 Å². The fourth-order valence-corrected chi connectivity index (χ4v) is 3.42. The maximum atomic E-state index is 11.6. The van der Waals surface area contributed by atoms with Crippen LogP contribution < -0.4 is 4.90 Å². The van der Waals surface area contributed by atoms with Gasteiger partial charge in [-0.15, -0.1) is 0 Å². The Bertz CT molecular complexity index is 443. The largest absolute Gasteiger partial charge is 0.374 e. The molecule has 1 fully saturated rings. The van der Waals surface area contributed by atoms with Crippen molar-refractivity contribution in [2.24, 2.45) is 11.3 Å². The summed E-state index contributed by atoms with van der Waals surface area (Å²) in [5, 5.41) is 0. The molecular weight excluding hydrogens is 234 g/mol. The number of anilines is 1. The highest BCUT2D eigenvalue weighted by molar-refractivity contribution is 5.62. The molecule has 1 aromatic rings. The Morgan fingerprint density at radius 1 is 1.47 bits per heavy atom. The van der Waals surface area contributed by atoms with Crippen molar-refractivity contribution in [1.82, 2.24) is 0 Å². The molecule has 19 heavy (non-hydrogen) atoms. The predicted octanol–water partition coefficient (Wildman–Crippen LogP) is 3.83. The van der Waals surface area contributed by atoms with Gasteiger partial charge in [-0.2, -0.15) is 0 Å². The predicted molar refractivity (Wildman–Crippen MR) is 80.6 cm³/mol. The molecule has 0 aliphatic heterocycles. The van der Waals surface area contributed by atoms with Gasteiger partial charge in [0, 0.05) is 24.7 Å². The van der Waals surface area contributed by atoms with Gasteiger partial charge in [0.25, 0.3) is 0 Å². The summed E-state index contributed by atoms with van der Waals surface area (Å²) in [4.78, 5) is 13.9. The number of aryl methyl sites for hydroxylation is 1. The first-order valence-corrected chi connectivity index (χ1v) is 7.29. The van der Waals surface area contributed by atoms with E-state index >= 15 is 0 Å². The molecular formula is C17H25NO.